The van der Waals surface area contributed by atoms with E-state index in [2.05, 4.69) is 38.2 Å². The molecule has 1 saturated carbocycles. The highest BCUT2D eigenvalue weighted by Crippen LogP contribution is 2.81. The van der Waals surface area contributed by atoms with Crippen molar-refractivity contribution in [3.05, 3.63) is 24.3 Å². The molecule has 3 heterocycles. The van der Waals surface area contributed by atoms with E-state index in [4.69, 9.17) is 0 Å². The van der Waals surface area contributed by atoms with Gasteiger partial charge in [0.25, 0.3) is 0 Å². The highest BCUT2D eigenvalue weighted by atomic mass is 31.2. The zero-order chi connectivity index (χ0) is 12.4. The van der Waals surface area contributed by atoms with E-state index in [0.29, 0.717) is 5.16 Å². The summed E-state index contributed by atoms with van der Waals surface area (Å²) < 4.78 is 0. The smallest absolute Gasteiger partial charge is 0.0772 e. The van der Waals surface area contributed by atoms with Crippen LogP contribution in [-0.4, -0.2) is 23.6 Å². The molecular formula is C17H26P+. The van der Waals surface area contributed by atoms with Crippen LogP contribution in [0.1, 0.15) is 33.1 Å². The van der Waals surface area contributed by atoms with Gasteiger partial charge < -0.3 is 0 Å². The molecule has 0 aromatic rings. The average molecular weight is 261 g/mol. The van der Waals surface area contributed by atoms with Crippen LogP contribution in [0.5, 0.6) is 0 Å². The Labute approximate surface area is 112 Å². The van der Waals surface area contributed by atoms with Crippen LogP contribution >= 0.6 is 7.26 Å². The first kappa shape index (κ1) is 11.7. The van der Waals surface area contributed by atoms with Gasteiger partial charge in [-0.2, -0.15) is 0 Å². The highest BCUT2D eigenvalue weighted by Gasteiger charge is 2.64. The SMILES string of the molecule is CC1C=CC=CC1(C)[P+]12CC3CC(CC(C3)C1)C2. The van der Waals surface area contributed by atoms with Gasteiger partial charge in [-0.1, -0.05) is 25.2 Å². The standard InChI is InChI=1S/C17H26P/c1-13-5-3-4-6-17(13,2)18-10-14-7-15(11-18)9-16(8-14)12-18/h3-6,13-16H,7-12H2,1-2H3/q+1. The lowest BCUT2D eigenvalue weighted by atomic mass is 9.76. The molecule has 5 aliphatic rings. The maximum absolute atomic E-state index is 2.61. The molecule has 2 aliphatic carbocycles. The highest BCUT2D eigenvalue weighted by molar-refractivity contribution is 7.77. The number of hydrogen-bond acceptors (Lipinski definition) is 0. The van der Waals surface area contributed by atoms with E-state index >= 15 is 0 Å². The Bertz CT molecular complexity index is 384. The second-order valence-electron chi connectivity index (χ2n) is 7.76. The van der Waals surface area contributed by atoms with Crippen LogP contribution in [0.15, 0.2) is 24.3 Å². The van der Waals surface area contributed by atoms with Crippen LogP contribution in [0.25, 0.3) is 0 Å². The van der Waals surface area contributed by atoms with Crippen molar-refractivity contribution in [2.24, 2.45) is 23.7 Å². The molecule has 2 unspecified atom stereocenters. The van der Waals surface area contributed by atoms with Crippen molar-refractivity contribution >= 4 is 7.26 Å². The van der Waals surface area contributed by atoms with E-state index in [1.165, 1.54) is 0 Å². The summed E-state index contributed by atoms with van der Waals surface area (Å²) in [5.41, 5.74) is 0. The largest absolute Gasteiger partial charge is 0.101 e. The Kier molecular flexibility index (Phi) is 2.42. The first-order valence-corrected chi connectivity index (χ1v) is 10.2. The fourth-order valence-corrected chi connectivity index (χ4v) is 12.7. The Morgan fingerprint density at radius 3 is 2.00 bits per heavy atom. The summed E-state index contributed by atoms with van der Waals surface area (Å²) in [5.74, 6) is 4.13. The van der Waals surface area contributed by atoms with Gasteiger partial charge >= 0.3 is 0 Å². The fourth-order valence-electron chi connectivity index (χ4n) is 5.86. The quantitative estimate of drug-likeness (QED) is 0.606. The lowest BCUT2D eigenvalue weighted by Crippen LogP contribution is -2.51. The van der Waals surface area contributed by atoms with Crippen molar-refractivity contribution in [1.82, 2.24) is 0 Å². The second-order valence-corrected chi connectivity index (χ2v) is 12.1. The third kappa shape index (κ3) is 1.42. The van der Waals surface area contributed by atoms with Gasteiger partial charge in [0.2, 0.25) is 0 Å². The first-order chi connectivity index (χ1) is 8.61. The second kappa shape index (κ2) is 3.72. The summed E-state index contributed by atoms with van der Waals surface area (Å²) in [5, 5.41) is 0.539. The maximum Gasteiger partial charge on any atom is 0.101 e. The Morgan fingerprint density at radius 2 is 1.50 bits per heavy atom. The zero-order valence-corrected chi connectivity index (χ0v) is 12.7. The van der Waals surface area contributed by atoms with Gasteiger partial charge in [0, 0.05) is 13.2 Å². The molecule has 0 nitrogen and oxygen atoms in total. The minimum Gasteiger partial charge on any atom is -0.0772 e. The summed E-state index contributed by atoms with van der Waals surface area (Å²) in [4.78, 5) is 0. The van der Waals surface area contributed by atoms with Crippen LogP contribution in [0.2, 0.25) is 0 Å². The van der Waals surface area contributed by atoms with Gasteiger partial charge in [-0.05, 0) is 50.0 Å². The average Bonchev–Trinajstić information content (AvgIpc) is 2.31. The first-order valence-electron chi connectivity index (χ1n) is 7.83. The Balaban J connectivity index is 1.75. The monoisotopic (exact) mass is 261 g/mol. The Morgan fingerprint density at radius 1 is 0.944 bits per heavy atom. The molecule has 5 rings (SSSR count). The molecule has 3 saturated heterocycles. The van der Waals surface area contributed by atoms with Crippen molar-refractivity contribution in [2.75, 3.05) is 18.5 Å². The molecule has 98 valence electrons. The minimum atomic E-state index is -0.728. The normalized spacial score (nSPS) is 57.2. The van der Waals surface area contributed by atoms with Crippen LogP contribution < -0.4 is 0 Å². The predicted molar refractivity (Wildman–Crippen MR) is 81.7 cm³/mol. The number of hydrogen-bond donors (Lipinski definition) is 0. The van der Waals surface area contributed by atoms with Gasteiger partial charge in [0.05, 0.1) is 18.5 Å². The molecule has 4 bridgehead atoms. The summed E-state index contributed by atoms with van der Waals surface area (Å²) in [7, 11) is -0.728. The van der Waals surface area contributed by atoms with Gasteiger partial charge in [-0.15, -0.1) is 0 Å². The summed E-state index contributed by atoms with van der Waals surface area (Å²) in [6.07, 6.45) is 19.4. The molecule has 0 aromatic heterocycles. The van der Waals surface area contributed by atoms with Crippen LogP contribution in [-0.2, 0) is 0 Å². The minimum absolute atomic E-state index is 0.539. The molecule has 18 heavy (non-hydrogen) atoms. The van der Waals surface area contributed by atoms with Crippen LogP contribution in [0, 0.1) is 23.7 Å². The van der Waals surface area contributed by atoms with Gasteiger partial charge in [-0.25, -0.2) is 0 Å². The number of rotatable bonds is 1. The topological polar surface area (TPSA) is 0 Å². The van der Waals surface area contributed by atoms with Crippen molar-refractivity contribution in [3.8, 4) is 0 Å². The van der Waals surface area contributed by atoms with Crippen LogP contribution in [0.4, 0.5) is 0 Å². The molecule has 0 aromatic carbocycles. The molecule has 0 radical (unpaired) electrons. The zero-order valence-electron chi connectivity index (χ0n) is 11.8. The maximum atomic E-state index is 2.61. The van der Waals surface area contributed by atoms with E-state index in [9.17, 15) is 0 Å². The Hall–Kier alpha value is -0.0900. The van der Waals surface area contributed by atoms with E-state index < -0.39 is 7.26 Å². The van der Waals surface area contributed by atoms with E-state index in [1.807, 2.05) is 0 Å². The molecule has 0 spiro atoms. The third-order valence-corrected chi connectivity index (χ3v) is 13.0. The van der Waals surface area contributed by atoms with Crippen molar-refractivity contribution in [3.63, 3.8) is 0 Å². The van der Waals surface area contributed by atoms with Crippen LogP contribution in [0.3, 0.4) is 0 Å². The molecule has 4 fully saturated rings. The summed E-state index contributed by atoms with van der Waals surface area (Å²) >= 11 is 0. The number of allylic oxidation sites excluding steroid dienone is 4. The summed E-state index contributed by atoms with van der Waals surface area (Å²) in [6, 6.07) is 0. The van der Waals surface area contributed by atoms with E-state index in [1.54, 1.807) is 37.7 Å². The van der Waals surface area contributed by atoms with Crippen molar-refractivity contribution in [1.29, 1.82) is 0 Å². The van der Waals surface area contributed by atoms with Gasteiger partial charge in [-0.3, -0.25) is 0 Å². The van der Waals surface area contributed by atoms with Crippen molar-refractivity contribution < 1.29 is 0 Å². The van der Waals surface area contributed by atoms with Gasteiger partial charge in [0.15, 0.2) is 0 Å². The van der Waals surface area contributed by atoms with Gasteiger partial charge in [0.1, 0.15) is 5.16 Å². The summed E-state index contributed by atoms with van der Waals surface area (Å²) in [6.45, 7) is 5.08. The molecule has 3 aliphatic heterocycles. The third-order valence-electron chi connectivity index (χ3n) is 6.71. The predicted octanol–water partition coefficient (Wildman–Crippen LogP) is 4.58. The molecule has 2 atom stereocenters. The molecule has 0 amide bonds. The lowest BCUT2D eigenvalue weighted by molar-refractivity contribution is 0.204. The van der Waals surface area contributed by atoms with Crippen molar-refractivity contribution in [2.45, 2.75) is 38.3 Å². The fraction of sp³-hybridized carbons (Fsp3) is 0.765. The van der Waals surface area contributed by atoms with E-state index in [-0.39, 0.29) is 0 Å². The lowest BCUT2D eigenvalue weighted by Gasteiger charge is -2.58. The molecule has 1 heteroatoms. The van der Waals surface area contributed by atoms with E-state index in [0.717, 1.165) is 23.7 Å². The molecule has 0 N–H and O–H groups in total. The molecular weight excluding hydrogens is 235 g/mol.